The highest BCUT2D eigenvalue weighted by molar-refractivity contribution is 5.60. The summed E-state index contributed by atoms with van der Waals surface area (Å²) in [4.78, 5) is 11.2. The molecule has 0 heterocycles. The highest BCUT2D eigenvalue weighted by Crippen LogP contribution is 2.38. The van der Waals surface area contributed by atoms with Gasteiger partial charge in [-0.1, -0.05) is 26.8 Å². The minimum atomic E-state index is -0.589. The van der Waals surface area contributed by atoms with Gasteiger partial charge >= 0.3 is 6.16 Å². The van der Waals surface area contributed by atoms with Crippen molar-refractivity contribution in [2.75, 3.05) is 7.11 Å². The zero-order chi connectivity index (χ0) is 11.5. The molecule has 1 atom stereocenters. The van der Waals surface area contributed by atoms with Crippen LogP contribution in [0.2, 0.25) is 0 Å². The van der Waals surface area contributed by atoms with Gasteiger partial charge in [-0.05, 0) is 24.8 Å². The van der Waals surface area contributed by atoms with Gasteiger partial charge in [0.05, 0.1) is 7.11 Å². The molecule has 0 N–H and O–H groups in total. The number of hydrogen-bond donors (Lipinski definition) is 0. The molecule has 0 fully saturated rings. The summed E-state index contributed by atoms with van der Waals surface area (Å²) in [6, 6.07) is 0. The summed E-state index contributed by atoms with van der Waals surface area (Å²) >= 11 is 0. The Morgan fingerprint density at radius 2 is 2.27 bits per heavy atom. The van der Waals surface area contributed by atoms with E-state index in [0.29, 0.717) is 0 Å². The van der Waals surface area contributed by atoms with Crippen molar-refractivity contribution in [1.82, 2.24) is 0 Å². The fourth-order valence-corrected chi connectivity index (χ4v) is 2.08. The molecule has 15 heavy (non-hydrogen) atoms. The Morgan fingerprint density at radius 3 is 2.80 bits per heavy atom. The third kappa shape index (κ3) is 2.74. The number of methoxy groups -OCH3 is 1. The van der Waals surface area contributed by atoms with Crippen LogP contribution >= 0.6 is 0 Å². The van der Waals surface area contributed by atoms with Crippen molar-refractivity contribution in [3.63, 3.8) is 0 Å². The van der Waals surface area contributed by atoms with E-state index in [4.69, 9.17) is 4.74 Å². The second kappa shape index (κ2) is 4.69. The Kier molecular flexibility index (Phi) is 3.77. The molecule has 0 aliphatic heterocycles. The molecule has 0 saturated heterocycles. The molecule has 3 nitrogen and oxygen atoms in total. The average molecular weight is 212 g/mol. The smallest absolute Gasteiger partial charge is 0.438 e. The number of carbonyl (C=O) groups is 1. The van der Waals surface area contributed by atoms with Crippen molar-refractivity contribution < 1.29 is 14.3 Å². The molecule has 3 heteroatoms. The Labute approximate surface area is 91.4 Å². The van der Waals surface area contributed by atoms with Crippen LogP contribution in [0.1, 0.15) is 40.0 Å². The summed E-state index contributed by atoms with van der Waals surface area (Å²) in [5.74, 6) is 0. The van der Waals surface area contributed by atoms with E-state index in [1.807, 2.05) is 0 Å². The lowest BCUT2D eigenvalue weighted by Gasteiger charge is -2.37. The van der Waals surface area contributed by atoms with Gasteiger partial charge in [-0.2, -0.15) is 0 Å². The number of carbonyl (C=O) groups excluding carboxylic acids is 1. The highest BCUT2D eigenvalue weighted by atomic mass is 16.7. The molecule has 0 spiro atoms. The number of ether oxygens (including phenoxy) is 2. The fourth-order valence-electron chi connectivity index (χ4n) is 2.08. The van der Waals surface area contributed by atoms with Gasteiger partial charge < -0.3 is 9.47 Å². The van der Waals surface area contributed by atoms with E-state index >= 15 is 0 Å². The van der Waals surface area contributed by atoms with Gasteiger partial charge in [0.1, 0.15) is 6.10 Å². The van der Waals surface area contributed by atoms with E-state index < -0.39 is 6.16 Å². The monoisotopic (exact) mass is 212 g/mol. The normalized spacial score (nSPS) is 24.3. The minimum absolute atomic E-state index is 0.00822. The lowest BCUT2D eigenvalue weighted by atomic mass is 9.74. The molecule has 0 amide bonds. The highest BCUT2D eigenvalue weighted by Gasteiger charge is 2.37. The first-order valence-corrected chi connectivity index (χ1v) is 5.44. The van der Waals surface area contributed by atoms with Crippen LogP contribution in [0.5, 0.6) is 0 Å². The van der Waals surface area contributed by atoms with E-state index in [0.717, 1.165) is 19.3 Å². The van der Waals surface area contributed by atoms with Gasteiger partial charge in [-0.25, -0.2) is 4.79 Å². The van der Waals surface area contributed by atoms with Crippen LogP contribution in [0.15, 0.2) is 11.6 Å². The summed E-state index contributed by atoms with van der Waals surface area (Å²) in [6.07, 6.45) is 4.48. The molecule has 1 rings (SSSR count). The summed E-state index contributed by atoms with van der Waals surface area (Å²) in [7, 11) is 1.34. The summed E-state index contributed by atoms with van der Waals surface area (Å²) in [6.45, 7) is 6.34. The summed E-state index contributed by atoms with van der Waals surface area (Å²) in [5, 5.41) is 0. The lowest BCUT2D eigenvalue weighted by Crippen LogP contribution is -2.37. The molecule has 0 saturated carbocycles. The van der Waals surface area contributed by atoms with E-state index in [-0.39, 0.29) is 11.5 Å². The quantitative estimate of drug-likeness (QED) is 0.520. The van der Waals surface area contributed by atoms with Gasteiger partial charge in [-0.15, -0.1) is 0 Å². The number of rotatable bonds is 2. The van der Waals surface area contributed by atoms with Crippen molar-refractivity contribution in [3.05, 3.63) is 11.6 Å². The Bertz CT molecular complexity index is 266. The second-order valence-electron chi connectivity index (χ2n) is 4.61. The Morgan fingerprint density at radius 1 is 1.60 bits per heavy atom. The maximum atomic E-state index is 11.2. The van der Waals surface area contributed by atoms with Crippen molar-refractivity contribution >= 4 is 6.16 Å². The van der Waals surface area contributed by atoms with Crippen molar-refractivity contribution in [2.45, 2.75) is 46.1 Å². The van der Waals surface area contributed by atoms with Gasteiger partial charge in [0.15, 0.2) is 0 Å². The third-order valence-electron chi connectivity index (χ3n) is 3.03. The zero-order valence-corrected chi connectivity index (χ0v) is 10.0. The van der Waals surface area contributed by atoms with E-state index in [9.17, 15) is 4.79 Å². The second-order valence-corrected chi connectivity index (χ2v) is 4.61. The van der Waals surface area contributed by atoms with Crippen molar-refractivity contribution in [2.24, 2.45) is 5.41 Å². The molecular weight excluding hydrogens is 192 g/mol. The molecule has 0 aromatic heterocycles. The number of hydrogen-bond acceptors (Lipinski definition) is 3. The van der Waals surface area contributed by atoms with Gasteiger partial charge in [-0.3, -0.25) is 0 Å². The Balaban J connectivity index is 2.82. The topological polar surface area (TPSA) is 35.5 Å². The van der Waals surface area contributed by atoms with Crippen molar-refractivity contribution in [3.8, 4) is 0 Å². The van der Waals surface area contributed by atoms with Crippen LogP contribution in [-0.4, -0.2) is 19.4 Å². The SMILES string of the molecule is CCC1=CCCC(C)(C)C1OC(=O)OC. The van der Waals surface area contributed by atoms with Gasteiger partial charge in [0.25, 0.3) is 0 Å². The molecule has 0 aromatic rings. The van der Waals surface area contributed by atoms with Crippen LogP contribution < -0.4 is 0 Å². The zero-order valence-electron chi connectivity index (χ0n) is 10.0. The van der Waals surface area contributed by atoms with Gasteiger partial charge in [0.2, 0.25) is 0 Å². The largest absolute Gasteiger partial charge is 0.508 e. The van der Waals surface area contributed by atoms with E-state index in [2.05, 4.69) is 31.6 Å². The van der Waals surface area contributed by atoms with E-state index in [1.54, 1.807) is 0 Å². The molecule has 86 valence electrons. The predicted molar refractivity (Wildman–Crippen MR) is 58.7 cm³/mol. The first kappa shape index (κ1) is 12.1. The Hall–Kier alpha value is -0.990. The first-order valence-electron chi connectivity index (χ1n) is 5.44. The molecule has 0 bridgehead atoms. The number of allylic oxidation sites excluding steroid dienone is 1. The minimum Gasteiger partial charge on any atom is -0.438 e. The third-order valence-corrected chi connectivity index (χ3v) is 3.03. The predicted octanol–water partition coefficient (Wildman–Crippen LogP) is 3.29. The molecule has 0 radical (unpaired) electrons. The van der Waals surface area contributed by atoms with Crippen LogP contribution in [0, 0.1) is 5.41 Å². The average Bonchev–Trinajstić information content (AvgIpc) is 2.20. The van der Waals surface area contributed by atoms with Gasteiger partial charge in [0, 0.05) is 5.41 Å². The van der Waals surface area contributed by atoms with Crippen LogP contribution in [0.3, 0.4) is 0 Å². The lowest BCUT2D eigenvalue weighted by molar-refractivity contribution is -0.00411. The molecule has 1 unspecified atom stereocenters. The molecular formula is C12H20O3. The van der Waals surface area contributed by atoms with Crippen LogP contribution in [0.4, 0.5) is 4.79 Å². The van der Waals surface area contributed by atoms with Crippen molar-refractivity contribution in [1.29, 1.82) is 0 Å². The standard InChI is InChI=1S/C12H20O3/c1-5-9-7-6-8-12(2,3)10(9)15-11(13)14-4/h7,10H,5-6,8H2,1-4H3. The molecule has 1 aliphatic rings. The molecule has 1 aliphatic carbocycles. The van der Waals surface area contributed by atoms with Crippen LogP contribution in [0.25, 0.3) is 0 Å². The van der Waals surface area contributed by atoms with Crippen LogP contribution in [-0.2, 0) is 9.47 Å². The summed E-state index contributed by atoms with van der Waals surface area (Å²) < 4.78 is 9.88. The fraction of sp³-hybridized carbons (Fsp3) is 0.750. The maximum Gasteiger partial charge on any atom is 0.508 e. The molecule has 0 aromatic carbocycles. The maximum absolute atomic E-state index is 11.2. The first-order chi connectivity index (χ1) is 7.01. The summed E-state index contributed by atoms with van der Waals surface area (Å²) in [5.41, 5.74) is 1.21. The van der Waals surface area contributed by atoms with E-state index in [1.165, 1.54) is 12.7 Å².